The number of rotatable bonds is 8. The Morgan fingerprint density at radius 1 is 0.846 bits per heavy atom. The van der Waals surface area contributed by atoms with Crippen LogP contribution in [0.15, 0.2) is 36.7 Å². The molecular weight excluding hydrogens is 336 g/mol. The van der Waals surface area contributed by atoms with E-state index in [-0.39, 0.29) is 11.1 Å². The van der Waals surface area contributed by atoms with E-state index in [2.05, 4.69) is 20.6 Å². The van der Waals surface area contributed by atoms with Crippen LogP contribution in [0.1, 0.15) is 20.7 Å². The Balaban J connectivity index is 1.81. The summed E-state index contributed by atoms with van der Waals surface area (Å²) in [4.78, 5) is 30.2. The van der Waals surface area contributed by atoms with Gasteiger partial charge in [0, 0.05) is 25.5 Å². The Hall–Kier alpha value is -3.82. The predicted octanol–water partition coefficient (Wildman–Crippen LogP) is -0.0810. The molecule has 136 valence electrons. The van der Waals surface area contributed by atoms with Crippen LogP contribution in [-0.2, 0) is 0 Å². The van der Waals surface area contributed by atoms with Gasteiger partial charge in [-0.1, -0.05) is 12.2 Å². The van der Waals surface area contributed by atoms with Crippen LogP contribution in [0, 0.1) is 0 Å². The third-order valence-corrected chi connectivity index (χ3v) is 3.34. The summed E-state index contributed by atoms with van der Waals surface area (Å²) in [5.41, 5.74) is 23.1. The Bertz CT molecular complexity index is 781. The van der Waals surface area contributed by atoms with Crippen LogP contribution in [-0.4, -0.2) is 34.9 Å². The fourth-order valence-electron chi connectivity index (χ4n) is 2.01. The number of hydrogen-bond acceptors (Lipinski definition) is 8. The Kier molecular flexibility index (Phi) is 5.93. The van der Waals surface area contributed by atoms with Gasteiger partial charge in [0.1, 0.15) is 11.6 Å². The Morgan fingerprint density at radius 3 is 1.54 bits per heavy atom. The summed E-state index contributed by atoms with van der Waals surface area (Å²) in [7, 11) is 0. The van der Waals surface area contributed by atoms with E-state index in [1.165, 1.54) is 24.5 Å². The van der Waals surface area contributed by atoms with Crippen molar-refractivity contribution in [1.29, 1.82) is 0 Å². The number of primary amides is 2. The number of amides is 2. The summed E-state index contributed by atoms with van der Waals surface area (Å²) in [5, 5.41) is 6.03. The molecule has 2 aromatic heterocycles. The van der Waals surface area contributed by atoms with E-state index in [9.17, 15) is 9.59 Å². The third kappa shape index (κ3) is 4.84. The molecule has 0 aliphatic rings. The largest absolute Gasteiger partial charge is 0.396 e. The quantitative estimate of drug-likeness (QED) is 0.354. The summed E-state index contributed by atoms with van der Waals surface area (Å²) in [6.45, 7) is 0.941. The predicted molar refractivity (Wildman–Crippen MR) is 100 cm³/mol. The number of nitrogens with one attached hydrogen (secondary N) is 2. The highest BCUT2D eigenvalue weighted by molar-refractivity contribution is 5.94. The van der Waals surface area contributed by atoms with E-state index in [0.29, 0.717) is 36.1 Å². The van der Waals surface area contributed by atoms with Crippen LogP contribution < -0.4 is 33.6 Å². The second-order valence-electron chi connectivity index (χ2n) is 5.29. The fourth-order valence-corrected chi connectivity index (χ4v) is 2.01. The minimum Gasteiger partial charge on any atom is -0.396 e. The molecule has 10 heteroatoms. The maximum atomic E-state index is 11.0. The van der Waals surface area contributed by atoms with Crippen molar-refractivity contribution in [3.63, 3.8) is 0 Å². The van der Waals surface area contributed by atoms with Crippen molar-refractivity contribution >= 4 is 34.8 Å². The van der Waals surface area contributed by atoms with Crippen LogP contribution in [0.5, 0.6) is 0 Å². The van der Waals surface area contributed by atoms with Gasteiger partial charge in [0.2, 0.25) is 11.8 Å². The van der Waals surface area contributed by atoms with E-state index in [1.807, 2.05) is 12.2 Å². The Morgan fingerprint density at radius 2 is 1.23 bits per heavy atom. The molecule has 2 rings (SSSR count). The second-order valence-corrected chi connectivity index (χ2v) is 5.29. The van der Waals surface area contributed by atoms with E-state index >= 15 is 0 Å². The van der Waals surface area contributed by atoms with Crippen molar-refractivity contribution in [1.82, 2.24) is 9.97 Å². The third-order valence-electron chi connectivity index (χ3n) is 3.34. The second kappa shape index (κ2) is 8.33. The molecular formula is C16H20N8O2. The van der Waals surface area contributed by atoms with Crippen LogP contribution in [0.25, 0.3) is 0 Å². The smallest absolute Gasteiger partial charge is 0.250 e. The minimum absolute atomic E-state index is 0.250. The van der Waals surface area contributed by atoms with Crippen LogP contribution in [0.3, 0.4) is 0 Å². The van der Waals surface area contributed by atoms with Crippen molar-refractivity contribution in [2.75, 3.05) is 35.2 Å². The molecule has 10 nitrogen and oxygen atoms in total. The lowest BCUT2D eigenvalue weighted by molar-refractivity contribution is 0.0991. The molecule has 10 N–H and O–H groups in total. The van der Waals surface area contributed by atoms with Crippen molar-refractivity contribution < 1.29 is 9.59 Å². The van der Waals surface area contributed by atoms with Gasteiger partial charge >= 0.3 is 0 Å². The number of anilines is 4. The lowest BCUT2D eigenvalue weighted by Gasteiger charge is -2.08. The molecule has 0 aliphatic heterocycles. The van der Waals surface area contributed by atoms with E-state index in [1.54, 1.807) is 0 Å². The first kappa shape index (κ1) is 18.5. The summed E-state index contributed by atoms with van der Waals surface area (Å²) < 4.78 is 0. The standard InChI is InChI=1S/C16H20N8O2/c17-11-5-9(13(19)25)7-23-15(11)21-3-1-2-4-22-16-12(18)6-10(8-24-16)14(20)26/h1-2,5-8H,3-4,17-18H2,(H2,19,25)(H2,20,26)(H,21,23)(H,22,24)/b2-1+. The monoisotopic (exact) mass is 356 g/mol. The van der Waals surface area contributed by atoms with Gasteiger partial charge in [-0.05, 0) is 12.1 Å². The minimum atomic E-state index is -0.585. The zero-order valence-corrected chi connectivity index (χ0v) is 13.9. The molecule has 0 radical (unpaired) electrons. The lowest BCUT2D eigenvalue weighted by Crippen LogP contribution is -2.13. The molecule has 0 spiro atoms. The first-order valence-electron chi connectivity index (χ1n) is 7.62. The molecule has 0 fully saturated rings. The average molecular weight is 356 g/mol. The SMILES string of the molecule is NC(=O)c1cnc(NC/C=C/CNc2ncc(C(N)=O)cc2N)c(N)c1. The molecule has 0 bridgehead atoms. The van der Waals surface area contributed by atoms with Crippen molar-refractivity contribution in [3.05, 3.63) is 47.8 Å². The highest BCUT2D eigenvalue weighted by Gasteiger charge is 2.06. The highest BCUT2D eigenvalue weighted by Crippen LogP contribution is 2.16. The molecule has 0 unspecified atom stereocenters. The average Bonchev–Trinajstić information content (AvgIpc) is 2.59. The van der Waals surface area contributed by atoms with E-state index in [4.69, 9.17) is 22.9 Å². The fraction of sp³-hybridized carbons (Fsp3) is 0.125. The molecule has 0 atom stereocenters. The van der Waals surface area contributed by atoms with Crippen LogP contribution in [0.2, 0.25) is 0 Å². The van der Waals surface area contributed by atoms with E-state index < -0.39 is 11.8 Å². The zero-order chi connectivity index (χ0) is 19.1. The number of carbonyl (C=O) groups is 2. The molecule has 2 amide bonds. The summed E-state index contributed by atoms with van der Waals surface area (Å²) in [5.74, 6) is -0.252. The van der Waals surface area contributed by atoms with Gasteiger partial charge in [0.05, 0.1) is 22.5 Å². The van der Waals surface area contributed by atoms with Gasteiger partial charge in [-0.3, -0.25) is 9.59 Å². The van der Waals surface area contributed by atoms with Gasteiger partial charge in [0.25, 0.3) is 0 Å². The number of nitrogens with two attached hydrogens (primary N) is 4. The van der Waals surface area contributed by atoms with Gasteiger partial charge in [-0.2, -0.15) is 0 Å². The molecule has 2 heterocycles. The maximum absolute atomic E-state index is 11.0. The Labute approximate surface area is 149 Å². The first-order chi connectivity index (χ1) is 12.4. The van der Waals surface area contributed by atoms with E-state index in [0.717, 1.165) is 0 Å². The van der Waals surface area contributed by atoms with Gasteiger partial charge in [-0.15, -0.1) is 0 Å². The molecule has 26 heavy (non-hydrogen) atoms. The molecule has 0 saturated heterocycles. The first-order valence-corrected chi connectivity index (χ1v) is 7.62. The number of nitrogen functional groups attached to an aromatic ring is 2. The van der Waals surface area contributed by atoms with Gasteiger partial charge < -0.3 is 33.6 Å². The number of carbonyl (C=O) groups excluding carboxylic acids is 2. The molecule has 0 aliphatic carbocycles. The number of nitrogens with zero attached hydrogens (tertiary/aromatic N) is 2. The summed E-state index contributed by atoms with van der Waals surface area (Å²) in [6, 6.07) is 2.93. The summed E-state index contributed by atoms with van der Waals surface area (Å²) in [6.07, 6.45) is 6.42. The summed E-state index contributed by atoms with van der Waals surface area (Å²) >= 11 is 0. The zero-order valence-electron chi connectivity index (χ0n) is 13.9. The van der Waals surface area contributed by atoms with Crippen molar-refractivity contribution in [3.8, 4) is 0 Å². The number of pyridine rings is 2. The highest BCUT2D eigenvalue weighted by atomic mass is 16.1. The molecule has 2 aromatic rings. The van der Waals surface area contributed by atoms with Gasteiger partial charge in [0.15, 0.2) is 0 Å². The topological polar surface area (TPSA) is 188 Å². The number of aromatic nitrogens is 2. The molecule has 0 aromatic carbocycles. The number of hydrogen-bond donors (Lipinski definition) is 6. The van der Waals surface area contributed by atoms with Crippen molar-refractivity contribution in [2.45, 2.75) is 0 Å². The molecule has 0 saturated carbocycles. The van der Waals surface area contributed by atoms with Crippen LogP contribution in [0.4, 0.5) is 23.0 Å². The van der Waals surface area contributed by atoms with Gasteiger partial charge in [-0.25, -0.2) is 9.97 Å². The van der Waals surface area contributed by atoms with Crippen molar-refractivity contribution in [2.24, 2.45) is 11.5 Å². The van der Waals surface area contributed by atoms with Crippen LogP contribution >= 0.6 is 0 Å². The normalized spacial score (nSPS) is 10.6. The maximum Gasteiger partial charge on any atom is 0.250 e. The lowest BCUT2D eigenvalue weighted by atomic mass is 10.2.